The number of alkyl halides is 1. The predicted octanol–water partition coefficient (Wildman–Crippen LogP) is 4.41. The minimum Gasteiger partial charge on any atom is -0.207 e. The molecule has 0 heterocycles. The van der Waals surface area contributed by atoms with Crippen molar-refractivity contribution < 1.29 is 4.39 Å². The van der Waals surface area contributed by atoms with Crippen molar-refractivity contribution in [3.8, 4) is 0 Å². The van der Waals surface area contributed by atoms with Gasteiger partial charge in [-0.3, -0.25) is 0 Å². The van der Waals surface area contributed by atoms with Crippen LogP contribution < -0.4 is 0 Å². The summed E-state index contributed by atoms with van der Waals surface area (Å²) in [7, 11) is 0. The molecule has 0 radical (unpaired) electrons. The van der Waals surface area contributed by atoms with Gasteiger partial charge in [0, 0.05) is 5.38 Å². The van der Waals surface area contributed by atoms with Gasteiger partial charge in [-0.25, -0.2) is 4.39 Å². The molecule has 2 heteroatoms. The van der Waals surface area contributed by atoms with Gasteiger partial charge < -0.3 is 0 Å². The van der Waals surface area contributed by atoms with Crippen LogP contribution in [0.1, 0.15) is 32.8 Å². The van der Waals surface area contributed by atoms with E-state index in [0.717, 1.165) is 18.4 Å². The van der Waals surface area contributed by atoms with E-state index < -0.39 is 0 Å². The Balaban J connectivity index is 2.66. The highest BCUT2D eigenvalue weighted by atomic mass is 35.5. The maximum atomic E-state index is 12.7. The van der Waals surface area contributed by atoms with Crippen LogP contribution in [0.2, 0.25) is 0 Å². The van der Waals surface area contributed by atoms with Gasteiger partial charge >= 0.3 is 0 Å². The molecule has 0 spiro atoms. The van der Waals surface area contributed by atoms with E-state index in [-0.39, 0.29) is 16.6 Å². The molecule has 0 saturated heterocycles. The molecule has 0 nitrogen and oxygen atoms in total. The van der Waals surface area contributed by atoms with E-state index in [0.29, 0.717) is 0 Å². The minimum absolute atomic E-state index is 0.0907. The molecule has 0 aliphatic heterocycles. The summed E-state index contributed by atoms with van der Waals surface area (Å²) in [4.78, 5) is 0. The van der Waals surface area contributed by atoms with E-state index in [4.69, 9.17) is 11.6 Å². The molecule has 0 saturated carbocycles. The van der Waals surface area contributed by atoms with Crippen molar-refractivity contribution in [2.24, 2.45) is 5.41 Å². The zero-order chi connectivity index (χ0) is 11.5. The van der Waals surface area contributed by atoms with Crippen LogP contribution in [-0.2, 0) is 6.42 Å². The number of hydrogen-bond donors (Lipinski definition) is 0. The molecular weight excluding hydrogens is 211 g/mol. The lowest BCUT2D eigenvalue weighted by atomic mass is 9.83. The summed E-state index contributed by atoms with van der Waals surface area (Å²) in [6.07, 6.45) is 1.84. The molecule has 0 aliphatic rings. The monoisotopic (exact) mass is 228 g/mol. The molecule has 1 aromatic carbocycles. The quantitative estimate of drug-likeness (QED) is 0.670. The lowest BCUT2D eigenvalue weighted by Gasteiger charge is -2.28. The number of rotatable bonds is 4. The van der Waals surface area contributed by atoms with E-state index in [1.807, 2.05) is 0 Å². The fraction of sp³-hybridized carbons (Fsp3) is 0.538. The maximum absolute atomic E-state index is 12.7. The Hall–Kier alpha value is -0.560. The van der Waals surface area contributed by atoms with Gasteiger partial charge in [-0.1, -0.05) is 32.9 Å². The van der Waals surface area contributed by atoms with Crippen molar-refractivity contribution in [2.45, 2.75) is 39.0 Å². The van der Waals surface area contributed by atoms with Gasteiger partial charge in [-0.2, -0.15) is 0 Å². The lowest BCUT2D eigenvalue weighted by molar-refractivity contribution is 0.330. The zero-order valence-corrected chi connectivity index (χ0v) is 10.3. The average Bonchev–Trinajstić information content (AvgIpc) is 2.21. The van der Waals surface area contributed by atoms with E-state index in [9.17, 15) is 4.39 Å². The third-order valence-corrected chi connectivity index (χ3v) is 3.83. The van der Waals surface area contributed by atoms with E-state index in [2.05, 4.69) is 20.8 Å². The molecule has 1 unspecified atom stereocenters. The molecule has 0 bridgehead atoms. The van der Waals surface area contributed by atoms with Crippen molar-refractivity contribution in [3.05, 3.63) is 35.6 Å². The number of halogens is 2. The maximum Gasteiger partial charge on any atom is 0.123 e. The van der Waals surface area contributed by atoms with Crippen LogP contribution in [0.15, 0.2) is 24.3 Å². The van der Waals surface area contributed by atoms with Gasteiger partial charge in [0.1, 0.15) is 5.82 Å². The average molecular weight is 229 g/mol. The molecule has 0 aliphatic carbocycles. The second-order valence-corrected chi connectivity index (χ2v) is 5.17. The first-order valence-electron chi connectivity index (χ1n) is 5.34. The summed E-state index contributed by atoms with van der Waals surface area (Å²) in [5.41, 5.74) is 1.22. The van der Waals surface area contributed by atoms with Crippen molar-refractivity contribution in [3.63, 3.8) is 0 Å². The highest BCUT2D eigenvalue weighted by Gasteiger charge is 2.25. The molecule has 1 rings (SSSR count). The topological polar surface area (TPSA) is 0 Å². The summed E-state index contributed by atoms with van der Waals surface area (Å²) >= 11 is 6.35. The van der Waals surface area contributed by atoms with E-state index in [1.54, 1.807) is 12.1 Å². The molecule has 0 fully saturated rings. The third-order valence-electron chi connectivity index (χ3n) is 3.09. The van der Waals surface area contributed by atoms with E-state index in [1.165, 1.54) is 12.1 Å². The molecule has 1 aromatic rings. The summed E-state index contributed by atoms with van der Waals surface area (Å²) in [6, 6.07) is 6.57. The minimum atomic E-state index is -0.195. The molecule has 15 heavy (non-hydrogen) atoms. The summed E-state index contributed by atoms with van der Waals surface area (Å²) in [6.45, 7) is 6.46. The van der Waals surface area contributed by atoms with Crippen LogP contribution in [0, 0.1) is 11.2 Å². The van der Waals surface area contributed by atoms with Gasteiger partial charge in [0.2, 0.25) is 0 Å². The number of hydrogen-bond acceptors (Lipinski definition) is 0. The second-order valence-electron chi connectivity index (χ2n) is 4.64. The molecule has 0 amide bonds. The summed E-state index contributed by atoms with van der Waals surface area (Å²) in [5, 5.41) is 0.0907. The predicted molar refractivity (Wildman–Crippen MR) is 63.8 cm³/mol. The number of benzene rings is 1. The Morgan fingerprint density at radius 3 is 2.27 bits per heavy atom. The molecule has 1 atom stereocenters. The standard InChI is InChI=1S/C13H18ClF/c1-4-13(2,3)12(14)9-10-5-7-11(15)8-6-10/h5-8,12H,4,9H2,1-3H3. The SMILES string of the molecule is CCC(C)(C)C(Cl)Cc1ccc(F)cc1. The fourth-order valence-electron chi connectivity index (χ4n) is 1.33. The highest BCUT2D eigenvalue weighted by molar-refractivity contribution is 6.21. The van der Waals surface area contributed by atoms with Crippen molar-refractivity contribution in [2.75, 3.05) is 0 Å². The first-order valence-corrected chi connectivity index (χ1v) is 5.78. The zero-order valence-electron chi connectivity index (χ0n) is 9.56. The van der Waals surface area contributed by atoms with Crippen LogP contribution >= 0.6 is 11.6 Å². The molecule has 0 aromatic heterocycles. The third kappa shape index (κ3) is 3.49. The first kappa shape index (κ1) is 12.5. The van der Waals surface area contributed by atoms with E-state index >= 15 is 0 Å². The Kier molecular flexibility index (Phi) is 4.15. The lowest BCUT2D eigenvalue weighted by Crippen LogP contribution is -2.25. The van der Waals surface area contributed by atoms with Crippen molar-refractivity contribution in [1.82, 2.24) is 0 Å². The molecule has 84 valence electrons. The van der Waals surface area contributed by atoms with Crippen molar-refractivity contribution in [1.29, 1.82) is 0 Å². The highest BCUT2D eigenvalue weighted by Crippen LogP contribution is 2.31. The van der Waals surface area contributed by atoms with Crippen LogP contribution in [0.5, 0.6) is 0 Å². The Morgan fingerprint density at radius 1 is 1.27 bits per heavy atom. The van der Waals surface area contributed by atoms with Crippen LogP contribution in [0.25, 0.3) is 0 Å². The van der Waals surface area contributed by atoms with Gasteiger partial charge in [0.15, 0.2) is 0 Å². The van der Waals surface area contributed by atoms with Crippen LogP contribution in [0.3, 0.4) is 0 Å². The fourth-order valence-corrected chi connectivity index (χ4v) is 1.66. The molecule has 0 N–H and O–H groups in total. The first-order chi connectivity index (χ1) is 6.95. The normalized spacial score (nSPS) is 13.9. The van der Waals surface area contributed by atoms with Gasteiger partial charge in [0.05, 0.1) is 0 Å². The smallest absolute Gasteiger partial charge is 0.123 e. The largest absolute Gasteiger partial charge is 0.207 e. The van der Waals surface area contributed by atoms with Gasteiger partial charge in [-0.15, -0.1) is 11.6 Å². The van der Waals surface area contributed by atoms with Crippen molar-refractivity contribution >= 4 is 11.6 Å². The Labute approximate surface area is 96.5 Å². The van der Waals surface area contributed by atoms with Crippen LogP contribution in [0.4, 0.5) is 4.39 Å². The van der Waals surface area contributed by atoms with Gasteiger partial charge in [0.25, 0.3) is 0 Å². The Morgan fingerprint density at radius 2 is 1.80 bits per heavy atom. The summed E-state index contributed by atoms with van der Waals surface area (Å²) in [5.74, 6) is -0.195. The Bertz CT molecular complexity index is 303. The second kappa shape index (κ2) is 4.98. The summed E-state index contributed by atoms with van der Waals surface area (Å²) < 4.78 is 12.7. The molecular formula is C13H18ClF. The van der Waals surface area contributed by atoms with Crippen LogP contribution in [-0.4, -0.2) is 5.38 Å². The van der Waals surface area contributed by atoms with Gasteiger partial charge in [-0.05, 0) is 36.0 Å².